The van der Waals surface area contributed by atoms with Crippen molar-refractivity contribution < 1.29 is 4.42 Å². The molecule has 2 aliphatic carbocycles. The molecule has 0 amide bonds. The molecule has 1 aromatic heterocycles. The van der Waals surface area contributed by atoms with E-state index in [9.17, 15) is 0 Å². The van der Waals surface area contributed by atoms with Crippen molar-refractivity contribution >= 4 is 39.0 Å². The molecule has 2 nitrogen and oxygen atoms in total. The standard InChI is InChI=1S/C54H41NO/c1-53(2)46-20-9-5-15-40(46)42-31-29-37(33-48(42)53)55(49-22-11-7-14-38(49)35-26-30-44-43-17-8-12-23-50(43)56-51(44)32-35)36-27-24-34(25-28-36)39-18-13-19-45-41-16-6-10-21-47(41)54(3,4)52(39)45/h5-33H,1-4H3. The fourth-order valence-corrected chi connectivity index (χ4v) is 9.94. The van der Waals surface area contributed by atoms with E-state index in [1.54, 1.807) is 0 Å². The van der Waals surface area contributed by atoms with Crippen LogP contribution in [0.2, 0.25) is 0 Å². The second-order valence-electron chi connectivity index (χ2n) is 16.5. The lowest BCUT2D eigenvalue weighted by Gasteiger charge is -2.30. The molecule has 0 saturated heterocycles. The summed E-state index contributed by atoms with van der Waals surface area (Å²) in [6, 6.07) is 64.6. The van der Waals surface area contributed by atoms with Crippen LogP contribution in [0, 0.1) is 0 Å². The van der Waals surface area contributed by atoms with Gasteiger partial charge in [0.25, 0.3) is 0 Å². The first-order chi connectivity index (χ1) is 27.3. The Morgan fingerprint density at radius 1 is 0.375 bits per heavy atom. The van der Waals surface area contributed by atoms with E-state index in [0.717, 1.165) is 50.1 Å². The lowest BCUT2D eigenvalue weighted by Crippen LogP contribution is -2.17. The summed E-state index contributed by atoms with van der Waals surface area (Å²) in [5.41, 5.74) is 20.5. The molecule has 56 heavy (non-hydrogen) atoms. The van der Waals surface area contributed by atoms with Crippen molar-refractivity contribution in [3.63, 3.8) is 0 Å². The van der Waals surface area contributed by atoms with Gasteiger partial charge in [-0.2, -0.15) is 0 Å². The third-order valence-electron chi connectivity index (χ3n) is 12.7. The van der Waals surface area contributed by atoms with E-state index in [1.807, 2.05) is 12.1 Å². The predicted octanol–water partition coefficient (Wildman–Crippen LogP) is 15.0. The molecule has 268 valence electrons. The monoisotopic (exact) mass is 719 g/mol. The van der Waals surface area contributed by atoms with E-state index < -0.39 is 0 Å². The van der Waals surface area contributed by atoms with E-state index in [-0.39, 0.29) is 10.8 Å². The van der Waals surface area contributed by atoms with Crippen LogP contribution in [0.15, 0.2) is 180 Å². The second-order valence-corrected chi connectivity index (χ2v) is 16.5. The topological polar surface area (TPSA) is 16.4 Å². The number of furan rings is 1. The minimum Gasteiger partial charge on any atom is -0.456 e. The number of anilines is 3. The first kappa shape index (κ1) is 32.8. The fourth-order valence-electron chi connectivity index (χ4n) is 9.94. The highest BCUT2D eigenvalue weighted by Crippen LogP contribution is 2.54. The molecule has 0 radical (unpaired) electrons. The molecule has 0 atom stereocenters. The van der Waals surface area contributed by atoms with Crippen molar-refractivity contribution in [1.82, 2.24) is 0 Å². The van der Waals surface area contributed by atoms with Crippen LogP contribution in [0.5, 0.6) is 0 Å². The van der Waals surface area contributed by atoms with Crippen LogP contribution in [-0.4, -0.2) is 0 Å². The maximum atomic E-state index is 6.40. The van der Waals surface area contributed by atoms with Crippen LogP contribution < -0.4 is 4.90 Å². The summed E-state index contributed by atoms with van der Waals surface area (Å²) in [7, 11) is 0. The number of para-hydroxylation sites is 2. The van der Waals surface area contributed by atoms with E-state index in [2.05, 4.69) is 196 Å². The summed E-state index contributed by atoms with van der Waals surface area (Å²) in [5, 5.41) is 2.27. The van der Waals surface area contributed by atoms with Crippen LogP contribution in [-0.2, 0) is 10.8 Å². The van der Waals surface area contributed by atoms with Crippen molar-refractivity contribution in [2.75, 3.05) is 4.90 Å². The SMILES string of the molecule is CC1(C)c2ccccc2-c2ccc(N(c3ccc(-c4cccc5c4C(C)(C)c4ccccc4-5)cc3)c3ccccc3-c3ccc4c(c3)oc3ccccc34)cc21. The number of benzene rings is 8. The number of hydrogen-bond donors (Lipinski definition) is 0. The molecule has 0 spiro atoms. The summed E-state index contributed by atoms with van der Waals surface area (Å²) < 4.78 is 6.40. The quantitative estimate of drug-likeness (QED) is 0.176. The van der Waals surface area contributed by atoms with Crippen LogP contribution in [0.25, 0.3) is 66.4 Å². The Morgan fingerprint density at radius 2 is 0.946 bits per heavy atom. The van der Waals surface area contributed by atoms with Gasteiger partial charge in [0.15, 0.2) is 0 Å². The molecule has 2 aliphatic rings. The van der Waals surface area contributed by atoms with Crippen molar-refractivity contribution in [3.8, 4) is 44.5 Å². The smallest absolute Gasteiger partial charge is 0.136 e. The third-order valence-corrected chi connectivity index (χ3v) is 12.7. The molecule has 0 N–H and O–H groups in total. The molecule has 0 unspecified atom stereocenters. The molecule has 11 rings (SSSR count). The molecule has 0 fully saturated rings. The van der Waals surface area contributed by atoms with Gasteiger partial charge in [-0.3, -0.25) is 0 Å². The zero-order chi connectivity index (χ0) is 37.8. The van der Waals surface area contributed by atoms with Gasteiger partial charge in [-0.1, -0.05) is 155 Å². The molecular weight excluding hydrogens is 679 g/mol. The number of hydrogen-bond acceptors (Lipinski definition) is 2. The molecule has 9 aromatic rings. The highest BCUT2D eigenvalue weighted by molar-refractivity contribution is 6.06. The summed E-state index contributed by atoms with van der Waals surface area (Å²) in [6.07, 6.45) is 0. The third kappa shape index (κ3) is 4.69. The van der Waals surface area contributed by atoms with Gasteiger partial charge in [-0.05, 0) is 110 Å². The van der Waals surface area contributed by atoms with Crippen molar-refractivity contribution in [3.05, 3.63) is 198 Å². The Hall–Kier alpha value is -6.64. The van der Waals surface area contributed by atoms with Gasteiger partial charge in [0.1, 0.15) is 11.2 Å². The minimum absolute atomic E-state index is 0.0953. The minimum atomic E-state index is -0.124. The van der Waals surface area contributed by atoms with E-state index in [0.29, 0.717) is 0 Å². The van der Waals surface area contributed by atoms with Crippen LogP contribution >= 0.6 is 0 Å². The molecule has 0 bridgehead atoms. The highest BCUT2D eigenvalue weighted by atomic mass is 16.3. The molecule has 1 heterocycles. The van der Waals surface area contributed by atoms with Crippen molar-refractivity contribution in [2.45, 2.75) is 38.5 Å². The largest absolute Gasteiger partial charge is 0.456 e. The van der Waals surface area contributed by atoms with Gasteiger partial charge >= 0.3 is 0 Å². The Morgan fingerprint density at radius 3 is 1.75 bits per heavy atom. The van der Waals surface area contributed by atoms with Gasteiger partial charge in [-0.15, -0.1) is 0 Å². The first-order valence-electron chi connectivity index (χ1n) is 19.7. The Balaban J connectivity index is 1.08. The normalized spacial score (nSPS) is 14.4. The van der Waals surface area contributed by atoms with Crippen molar-refractivity contribution in [1.29, 1.82) is 0 Å². The maximum Gasteiger partial charge on any atom is 0.136 e. The second kappa shape index (κ2) is 11.9. The molecule has 0 saturated carbocycles. The zero-order valence-electron chi connectivity index (χ0n) is 32.1. The van der Waals surface area contributed by atoms with Gasteiger partial charge in [0.2, 0.25) is 0 Å². The van der Waals surface area contributed by atoms with E-state index in [4.69, 9.17) is 4.42 Å². The summed E-state index contributed by atoms with van der Waals surface area (Å²) in [5.74, 6) is 0. The van der Waals surface area contributed by atoms with Gasteiger partial charge < -0.3 is 9.32 Å². The van der Waals surface area contributed by atoms with Crippen LogP contribution in [0.3, 0.4) is 0 Å². The summed E-state index contributed by atoms with van der Waals surface area (Å²) >= 11 is 0. The average molecular weight is 720 g/mol. The Labute approximate surface area is 328 Å². The molecular formula is C54H41NO. The maximum absolute atomic E-state index is 6.40. The lowest BCUT2D eigenvalue weighted by atomic mass is 9.79. The first-order valence-corrected chi connectivity index (χ1v) is 19.7. The highest BCUT2D eigenvalue weighted by Gasteiger charge is 2.38. The molecule has 0 aliphatic heterocycles. The summed E-state index contributed by atoms with van der Waals surface area (Å²) in [4.78, 5) is 2.44. The van der Waals surface area contributed by atoms with E-state index >= 15 is 0 Å². The summed E-state index contributed by atoms with van der Waals surface area (Å²) in [6.45, 7) is 9.44. The predicted molar refractivity (Wildman–Crippen MR) is 234 cm³/mol. The molecule has 8 aromatic carbocycles. The van der Waals surface area contributed by atoms with Crippen LogP contribution in [0.4, 0.5) is 17.1 Å². The number of rotatable bonds is 5. The van der Waals surface area contributed by atoms with Gasteiger partial charge in [0, 0.05) is 38.5 Å². The Bertz CT molecular complexity index is 3030. The molecule has 2 heteroatoms. The Kier molecular flexibility index (Phi) is 6.98. The van der Waals surface area contributed by atoms with Crippen LogP contribution in [0.1, 0.15) is 49.9 Å². The van der Waals surface area contributed by atoms with E-state index in [1.165, 1.54) is 55.6 Å². The van der Waals surface area contributed by atoms with Gasteiger partial charge in [-0.25, -0.2) is 0 Å². The zero-order valence-corrected chi connectivity index (χ0v) is 32.1. The lowest BCUT2D eigenvalue weighted by molar-refractivity contribution is 0.660. The fraction of sp³-hybridized carbons (Fsp3) is 0.111. The van der Waals surface area contributed by atoms with Gasteiger partial charge in [0.05, 0.1) is 5.69 Å². The average Bonchev–Trinajstić information content (AvgIpc) is 3.81. The number of nitrogens with zero attached hydrogens (tertiary/aromatic N) is 1. The van der Waals surface area contributed by atoms with Crippen molar-refractivity contribution in [2.24, 2.45) is 0 Å². The number of fused-ring (bicyclic) bond motifs is 9.